The van der Waals surface area contributed by atoms with E-state index in [2.05, 4.69) is 24.1 Å². The largest absolute Gasteiger partial charge is 0.395 e. The highest BCUT2D eigenvalue weighted by Crippen LogP contribution is 2.11. The van der Waals surface area contributed by atoms with Gasteiger partial charge in [0, 0.05) is 18.0 Å². The maximum absolute atomic E-state index is 13.8. The van der Waals surface area contributed by atoms with Crippen LogP contribution in [0.1, 0.15) is 55.5 Å². The third kappa shape index (κ3) is 5.97. The Bertz CT molecular complexity index is 531. The van der Waals surface area contributed by atoms with Crippen LogP contribution in [0.15, 0.2) is 18.2 Å². The number of halogens is 1. The molecule has 1 rings (SSSR count). The average molecular weight is 291 g/mol. The van der Waals surface area contributed by atoms with Crippen molar-refractivity contribution in [3.8, 4) is 11.8 Å². The minimum absolute atomic E-state index is 0.00847. The summed E-state index contributed by atoms with van der Waals surface area (Å²) in [6.45, 7) is 3.98. The van der Waals surface area contributed by atoms with Gasteiger partial charge in [-0.1, -0.05) is 31.6 Å². The van der Waals surface area contributed by atoms with Crippen LogP contribution in [0.5, 0.6) is 0 Å². The van der Waals surface area contributed by atoms with E-state index in [1.165, 1.54) is 18.2 Å². The molecule has 0 radical (unpaired) electrons. The summed E-state index contributed by atoms with van der Waals surface area (Å²) >= 11 is 0. The van der Waals surface area contributed by atoms with E-state index < -0.39 is 11.7 Å². The fourth-order valence-electron chi connectivity index (χ4n) is 1.88. The molecule has 1 aromatic rings. The number of carbonyl (C=O) groups excluding carboxylic acids is 1. The van der Waals surface area contributed by atoms with Gasteiger partial charge in [0.15, 0.2) is 0 Å². The molecule has 1 atom stereocenters. The molecule has 4 heteroatoms. The van der Waals surface area contributed by atoms with Gasteiger partial charge in [0.2, 0.25) is 0 Å². The lowest BCUT2D eigenvalue weighted by atomic mass is 10.1. The normalized spacial score (nSPS) is 11.4. The standard InChI is InChI=1S/C17H22FNO2/c1-3-4-7-13(2)19-17(21)15-12-14(8-5-6-11-20)9-10-16(15)18/h9-10,12-13,20H,3-4,6-7,11H2,1-2H3,(H,19,21). The van der Waals surface area contributed by atoms with Gasteiger partial charge < -0.3 is 10.4 Å². The number of amides is 1. The highest BCUT2D eigenvalue weighted by Gasteiger charge is 2.14. The zero-order valence-electron chi connectivity index (χ0n) is 12.6. The smallest absolute Gasteiger partial charge is 0.254 e. The van der Waals surface area contributed by atoms with E-state index in [4.69, 9.17) is 5.11 Å². The van der Waals surface area contributed by atoms with Crippen molar-refractivity contribution in [2.45, 2.75) is 45.6 Å². The molecule has 0 spiro atoms. The second-order valence-electron chi connectivity index (χ2n) is 4.99. The van der Waals surface area contributed by atoms with Crippen molar-refractivity contribution in [2.75, 3.05) is 6.61 Å². The fraction of sp³-hybridized carbons (Fsp3) is 0.471. The van der Waals surface area contributed by atoms with Crippen molar-refractivity contribution in [2.24, 2.45) is 0 Å². The van der Waals surface area contributed by atoms with E-state index in [0.717, 1.165) is 19.3 Å². The molecule has 0 aliphatic heterocycles. The van der Waals surface area contributed by atoms with E-state index in [1.54, 1.807) is 0 Å². The minimum Gasteiger partial charge on any atom is -0.395 e. The summed E-state index contributed by atoms with van der Waals surface area (Å²) in [5.41, 5.74) is 0.574. The molecular weight excluding hydrogens is 269 g/mol. The Labute approximate surface area is 125 Å². The lowest BCUT2D eigenvalue weighted by Crippen LogP contribution is -2.33. The number of aliphatic hydroxyl groups excluding tert-OH is 1. The fourth-order valence-corrected chi connectivity index (χ4v) is 1.88. The molecule has 0 saturated heterocycles. The second kappa shape index (κ2) is 9.15. The number of carbonyl (C=O) groups is 1. The number of hydrogen-bond acceptors (Lipinski definition) is 2. The van der Waals surface area contributed by atoms with Crippen molar-refractivity contribution in [1.29, 1.82) is 0 Å². The van der Waals surface area contributed by atoms with Crippen LogP contribution in [0.3, 0.4) is 0 Å². The first kappa shape index (κ1) is 17.2. The number of benzene rings is 1. The molecule has 0 heterocycles. The van der Waals surface area contributed by atoms with Gasteiger partial charge in [0.1, 0.15) is 5.82 Å². The van der Waals surface area contributed by atoms with Crippen LogP contribution in [0.25, 0.3) is 0 Å². The van der Waals surface area contributed by atoms with Crippen LogP contribution in [-0.2, 0) is 0 Å². The Morgan fingerprint density at radius 3 is 2.90 bits per heavy atom. The predicted octanol–water partition coefficient (Wildman–Crippen LogP) is 2.87. The first-order chi connectivity index (χ1) is 10.1. The van der Waals surface area contributed by atoms with Crippen LogP contribution < -0.4 is 5.32 Å². The Balaban J connectivity index is 2.79. The van der Waals surface area contributed by atoms with Crippen LogP contribution in [0, 0.1) is 17.7 Å². The lowest BCUT2D eigenvalue weighted by Gasteiger charge is -2.13. The van der Waals surface area contributed by atoms with Gasteiger partial charge >= 0.3 is 0 Å². The van der Waals surface area contributed by atoms with E-state index in [1.807, 2.05) is 6.92 Å². The van der Waals surface area contributed by atoms with Crippen molar-refractivity contribution >= 4 is 5.91 Å². The van der Waals surface area contributed by atoms with E-state index in [-0.39, 0.29) is 18.2 Å². The van der Waals surface area contributed by atoms with E-state index >= 15 is 0 Å². The van der Waals surface area contributed by atoms with Crippen molar-refractivity contribution in [1.82, 2.24) is 5.32 Å². The van der Waals surface area contributed by atoms with Crippen LogP contribution in [0.2, 0.25) is 0 Å². The molecule has 0 aliphatic rings. The zero-order valence-corrected chi connectivity index (χ0v) is 12.6. The zero-order chi connectivity index (χ0) is 15.7. The summed E-state index contributed by atoms with van der Waals surface area (Å²) in [5, 5.41) is 11.5. The molecule has 21 heavy (non-hydrogen) atoms. The van der Waals surface area contributed by atoms with Gasteiger partial charge in [-0.3, -0.25) is 4.79 Å². The van der Waals surface area contributed by atoms with Crippen LogP contribution >= 0.6 is 0 Å². The van der Waals surface area contributed by atoms with E-state index in [9.17, 15) is 9.18 Å². The number of nitrogens with one attached hydrogen (secondary N) is 1. The summed E-state index contributed by atoms with van der Waals surface area (Å²) in [6.07, 6.45) is 3.31. The molecule has 0 aromatic heterocycles. The quantitative estimate of drug-likeness (QED) is 0.792. The maximum Gasteiger partial charge on any atom is 0.254 e. The Morgan fingerprint density at radius 2 is 2.24 bits per heavy atom. The first-order valence-corrected chi connectivity index (χ1v) is 7.28. The number of unbranched alkanes of at least 4 members (excludes halogenated alkanes) is 1. The van der Waals surface area contributed by atoms with Crippen LogP contribution in [0.4, 0.5) is 4.39 Å². The molecule has 2 N–H and O–H groups in total. The highest BCUT2D eigenvalue weighted by atomic mass is 19.1. The lowest BCUT2D eigenvalue weighted by molar-refractivity contribution is 0.0934. The second-order valence-corrected chi connectivity index (χ2v) is 4.99. The number of hydrogen-bond donors (Lipinski definition) is 2. The monoisotopic (exact) mass is 291 g/mol. The topological polar surface area (TPSA) is 49.3 Å². The van der Waals surface area contributed by atoms with Gasteiger partial charge in [-0.15, -0.1) is 0 Å². The molecule has 3 nitrogen and oxygen atoms in total. The molecule has 0 bridgehead atoms. The summed E-state index contributed by atoms with van der Waals surface area (Å²) in [6, 6.07) is 4.23. The Kier molecular flexibility index (Phi) is 7.49. The van der Waals surface area contributed by atoms with Crippen molar-refractivity contribution < 1.29 is 14.3 Å². The molecule has 1 aromatic carbocycles. The average Bonchev–Trinajstić information content (AvgIpc) is 2.47. The molecule has 114 valence electrons. The van der Waals surface area contributed by atoms with Gasteiger partial charge in [-0.05, 0) is 31.5 Å². The van der Waals surface area contributed by atoms with Gasteiger partial charge in [0.25, 0.3) is 5.91 Å². The van der Waals surface area contributed by atoms with Gasteiger partial charge in [-0.2, -0.15) is 0 Å². The molecule has 1 unspecified atom stereocenters. The SMILES string of the molecule is CCCCC(C)NC(=O)c1cc(C#CCCO)ccc1F. The van der Waals surface area contributed by atoms with Gasteiger partial charge in [-0.25, -0.2) is 4.39 Å². The molecular formula is C17H22FNO2. The van der Waals surface area contributed by atoms with Crippen LogP contribution in [-0.4, -0.2) is 23.7 Å². The van der Waals surface area contributed by atoms with Gasteiger partial charge in [0.05, 0.1) is 12.2 Å². The third-order valence-electron chi connectivity index (χ3n) is 3.05. The Hall–Kier alpha value is -1.86. The predicted molar refractivity (Wildman–Crippen MR) is 81.4 cm³/mol. The summed E-state index contributed by atoms with van der Waals surface area (Å²) in [7, 11) is 0. The first-order valence-electron chi connectivity index (χ1n) is 7.28. The number of rotatable bonds is 6. The summed E-state index contributed by atoms with van der Waals surface area (Å²) in [5.74, 6) is 4.58. The minimum atomic E-state index is -0.553. The summed E-state index contributed by atoms with van der Waals surface area (Å²) in [4.78, 5) is 12.1. The van der Waals surface area contributed by atoms with Crippen molar-refractivity contribution in [3.63, 3.8) is 0 Å². The highest BCUT2D eigenvalue weighted by molar-refractivity contribution is 5.95. The maximum atomic E-state index is 13.8. The molecule has 0 saturated carbocycles. The van der Waals surface area contributed by atoms with E-state index in [0.29, 0.717) is 12.0 Å². The molecule has 1 amide bonds. The molecule has 0 aliphatic carbocycles. The van der Waals surface area contributed by atoms with Crippen molar-refractivity contribution in [3.05, 3.63) is 35.1 Å². The summed E-state index contributed by atoms with van der Waals surface area (Å²) < 4.78 is 13.8. The third-order valence-corrected chi connectivity index (χ3v) is 3.05. The number of aliphatic hydroxyl groups is 1. The molecule has 0 fully saturated rings. The Morgan fingerprint density at radius 1 is 1.48 bits per heavy atom.